The third-order valence-electron chi connectivity index (χ3n) is 2.37. The Hall–Kier alpha value is -0.910. The Labute approximate surface area is 119 Å². The molecular formula is C13H25NO4S. The van der Waals surface area contributed by atoms with Crippen LogP contribution in [0.1, 0.15) is 41.0 Å². The van der Waals surface area contributed by atoms with E-state index >= 15 is 0 Å². The Morgan fingerprint density at radius 3 is 2.32 bits per heavy atom. The number of carbonyl (C=O) groups excluding carboxylic acids is 1. The van der Waals surface area contributed by atoms with Crippen LogP contribution in [0.4, 0.5) is 4.79 Å². The van der Waals surface area contributed by atoms with Crippen molar-refractivity contribution in [1.29, 1.82) is 0 Å². The van der Waals surface area contributed by atoms with Crippen LogP contribution < -0.4 is 5.32 Å². The van der Waals surface area contributed by atoms with Crippen LogP contribution >= 0.6 is 11.8 Å². The zero-order chi connectivity index (χ0) is 15.1. The maximum absolute atomic E-state index is 11.5. The summed E-state index contributed by atoms with van der Waals surface area (Å²) in [7, 11) is 0. The second-order valence-electron chi connectivity index (χ2n) is 5.59. The minimum absolute atomic E-state index is 0.346. The fourth-order valence-electron chi connectivity index (χ4n) is 1.13. The highest BCUT2D eigenvalue weighted by Gasteiger charge is 2.23. The lowest BCUT2D eigenvalue weighted by Gasteiger charge is -2.22. The van der Waals surface area contributed by atoms with Crippen molar-refractivity contribution in [2.24, 2.45) is 5.92 Å². The molecule has 0 heterocycles. The Kier molecular flexibility index (Phi) is 7.90. The van der Waals surface area contributed by atoms with Gasteiger partial charge in [-0.3, -0.25) is 0 Å². The van der Waals surface area contributed by atoms with Crippen molar-refractivity contribution >= 4 is 23.8 Å². The number of aliphatic carboxylic acids is 1. The lowest BCUT2D eigenvalue weighted by molar-refractivity contribution is -0.138. The van der Waals surface area contributed by atoms with E-state index in [1.165, 1.54) is 11.8 Å². The molecule has 19 heavy (non-hydrogen) atoms. The van der Waals surface area contributed by atoms with Gasteiger partial charge in [0.15, 0.2) is 0 Å². The van der Waals surface area contributed by atoms with E-state index in [4.69, 9.17) is 9.84 Å². The smallest absolute Gasteiger partial charge is 0.408 e. The molecule has 2 atom stereocenters. The van der Waals surface area contributed by atoms with Crippen LogP contribution in [0.5, 0.6) is 0 Å². The van der Waals surface area contributed by atoms with Gasteiger partial charge in [0, 0.05) is 5.75 Å². The molecule has 1 amide bonds. The van der Waals surface area contributed by atoms with E-state index in [0.29, 0.717) is 11.7 Å². The average molecular weight is 291 g/mol. The molecule has 0 fully saturated rings. The minimum atomic E-state index is -1.04. The van der Waals surface area contributed by atoms with Gasteiger partial charge >= 0.3 is 12.1 Å². The molecule has 0 aromatic carbocycles. The second-order valence-corrected chi connectivity index (χ2v) is 6.66. The fourth-order valence-corrected chi connectivity index (χ4v) is 2.37. The number of rotatable bonds is 7. The predicted molar refractivity (Wildman–Crippen MR) is 77.6 cm³/mol. The summed E-state index contributed by atoms with van der Waals surface area (Å²) < 4.78 is 5.04. The van der Waals surface area contributed by atoms with Crippen molar-refractivity contribution in [3.63, 3.8) is 0 Å². The summed E-state index contributed by atoms with van der Waals surface area (Å²) in [5.74, 6) is 0.735. The molecule has 2 N–H and O–H groups in total. The molecule has 0 aliphatic heterocycles. The molecule has 0 saturated heterocycles. The van der Waals surface area contributed by atoms with Crippen molar-refractivity contribution in [3.8, 4) is 0 Å². The van der Waals surface area contributed by atoms with E-state index in [1.807, 2.05) is 0 Å². The maximum atomic E-state index is 11.5. The number of nitrogens with one attached hydrogen (secondary N) is 1. The molecule has 2 unspecified atom stereocenters. The highest BCUT2D eigenvalue weighted by Crippen LogP contribution is 2.13. The van der Waals surface area contributed by atoms with Gasteiger partial charge in [0.1, 0.15) is 11.6 Å². The van der Waals surface area contributed by atoms with Gasteiger partial charge in [0.05, 0.1) is 0 Å². The van der Waals surface area contributed by atoms with Crippen LogP contribution in [-0.4, -0.2) is 40.3 Å². The van der Waals surface area contributed by atoms with Crippen molar-refractivity contribution < 1.29 is 19.4 Å². The van der Waals surface area contributed by atoms with Crippen molar-refractivity contribution in [1.82, 2.24) is 5.32 Å². The number of carboxylic acids is 1. The van der Waals surface area contributed by atoms with E-state index in [-0.39, 0.29) is 0 Å². The van der Waals surface area contributed by atoms with Gasteiger partial charge in [-0.2, -0.15) is 11.8 Å². The Balaban J connectivity index is 4.20. The summed E-state index contributed by atoms with van der Waals surface area (Å²) in [6, 6.07) is -0.913. The zero-order valence-electron chi connectivity index (χ0n) is 12.4. The molecule has 0 radical (unpaired) electrons. The second kappa shape index (κ2) is 8.30. The molecule has 5 nitrogen and oxygen atoms in total. The molecule has 0 aliphatic rings. The van der Waals surface area contributed by atoms with Crippen LogP contribution in [0.25, 0.3) is 0 Å². The number of carboxylic acid groups (broad SMARTS) is 1. The topological polar surface area (TPSA) is 75.6 Å². The number of hydrogen-bond donors (Lipinski definition) is 2. The van der Waals surface area contributed by atoms with Crippen molar-refractivity contribution in [2.75, 3.05) is 11.5 Å². The summed E-state index contributed by atoms with van der Waals surface area (Å²) >= 11 is 1.53. The zero-order valence-corrected chi connectivity index (χ0v) is 13.2. The molecule has 0 rings (SSSR count). The first-order valence-corrected chi connectivity index (χ1v) is 7.61. The summed E-state index contributed by atoms with van der Waals surface area (Å²) in [6.45, 7) is 9.42. The van der Waals surface area contributed by atoms with E-state index in [0.717, 1.165) is 12.2 Å². The number of alkyl carbamates (subject to hydrolysis) is 1. The largest absolute Gasteiger partial charge is 0.480 e. The first-order chi connectivity index (χ1) is 8.65. The summed E-state index contributed by atoms with van der Waals surface area (Å²) in [6.07, 6.45) is 0.369. The van der Waals surface area contributed by atoms with Crippen LogP contribution in [0.2, 0.25) is 0 Å². The summed E-state index contributed by atoms with van der Waals surface area (Å²) in [5.41, 5.74) is -0.628. The molecular weight excluding hydrogens is 266 g/mol. The van der Waals surface area contributed by atoms with Gasteiger partial charge in [-0.25, -0.2) is 9.59 Å². The molecule has 0 bridgehead atoms. The molecule has 112 valence electrons. The molecule has 0 saturated carbocycles. The third-order valence-corrected chi connectivity index (χ3v) is 3.75. The van der Waals surface area contributed by atoms with Crippen LogP contribution in [0.15, 0.2) is 0 Å². The summed E-state index contributed by atoms with van der Waals surface area (Å²) in [4.78, 5) is 22.6. The predicted octanol–water partition coefficient (Wildman–Crippen LogP) is 2.74. The highest BCUT2D eigenvalue weighted by molar-refractivity contribution is 7.99. The number of hydrogen-bond acceptors (Lipinski definition) is 4. The Morgan fingerprint density at radius 1 is 1.32 bits per heavy atom. The quantitative estimate of drug-likeness (QED) is 0.754. The van der Waals surface area contributed by atoms with E-state index in [1.54, 1.807) is 20.8 Å². The Bertz CT molecular complexity index is 302. The maximum Gasteiger partial charge on any atom is 0.408 e. The SMILES string of the molecule is CCC(C)CSCC(NC(=O)OC(C)(C)C)C(=O)O. The number of thioether (sulfide) groups is 1. The van der Waals surface area contributed by atoms with Gasteiger partial charge in [-0.05, 0) is 32.4 Å². The van der Waals surface area contributed by atoms with Crippen molar-refractivity contribution in [2.45, 2.75) is 52.7 Å². The molecule has 6 heteroatoms. The van der Waals surface area contributed by atoms with Crippen LogP contribution in [0.3, 0.4) is 0 Å². The van der Waals surface area contributed by atoms with Crippen molar-refractivity contribution in [3.05, 3.63) is 0 Å². The first kappa shape index (κ1) is 18.1. The molecule has 0 aromatic rings. The normalized spacial score (nSPS) is 14.6. The first-order valence-electron chi connectivity index (χ1n) is 6.45. The van der Waals surface area contributed by atoms with Gasteiger partial charge < -0.3 is 15.2 Å². The number of ether oxygens (including phenoxy) is 1. The van der Waals surface area contributed by atoms with Gasteiger partial charge in [-0.1, -0.05) is 20.3 Å². The van der Waals surface area contributed by atoms with E-state index in [2.05, 4.69) is 19.2 Å². The lowest BCUT2D eigenvalue weighted by Crippen LogP contribution is -2.45. The molecule has 0 aliphatic carbocycles. The van der Waals surface area contributed by atoms with E-state index in [9.17, 15) is 9.59 Å². The average Bonchev–Trinajstić information content (AvgIpc) is 2.24. The number of amides is 1. The standard InChI is InChI=1S/C13H25NO4S/c1-6-9(2)7-19-8-10(11(15)16)14-12(17)18-13(3,4)5/h9-10H,6-8H2,1-5H3,(H,14,17)(H,15,16). The minimum Gasteiger partial charge on any atom is -0.480 e. The lowest BCUT2D eigenvalue weighted by atomic mass is 10.2. The highest BCUT2D eigenvalue weighted by atomic mass is 32.2. The number of carbonyl (C=O) groups is 2. The fraction of sp³-hybridized carbons (Fsp3) is 0.846. The molecule has 0 aromatic heterocycles. The monoisotopic (exact) mass is 291 g/mol. The molecule has 0 spiro atoms. The third kappa shape index (κ3) is 9.64. The van der Waals surface area contributed by atoms with Crippen LogP contribution in [0, 0.1) is 5.92 Å². The van der Waals surface area contributed by atoms with Gasteiger partial charge in [0.25, 0.3) is 0 Å². The van der Waals surface area contributed by atoms with Gasteiger partial charge in [0.2, 0.25) is 0 Å². The van der Waals surface area contributed by atoms with Gasteiger partial charge in [-0.15, -0.1) is 0 Å². The van der Waals surface area contributed by atoms with Crippen LogP contribution in [-0.2, 0) is 9.53 Å². The Morgan fingerprint density at radius 2 is 1.89 bits per heavy atom. The summed E-state index contributed by atoms with van der Waals surface area (Å²) in [5, 5.41) is 11.4. The van der Waals surface area contributed by atoms with E-state index < -0.39 is 23.7 Å².